The van der Waals surface area contributed by atoms with Crippen LogP contribution in [0.5, 0.6) is 0 Å². The van der Waals surface area contributed by atoms with Gasteiger partial charge in [0.25, 0.3) is 10.1 Å². The van der Waals surface area contributed by atoms with E-state index in [9.17, 15) is 18.6 Å². The smallest absolute Gasteiger partial charge is 0.297 e. The molecule has 2 rings (SSSR count). The predicted octanol–water partition coefficient (Wildman–Crippen LogP) is 1.40. The molecule has 0 saturated carbocycles. The Morgan fingerprint density at radius 3 is 2.38 bits per heavy atom. The largest absolute Gasteiger partial charge is 0.390 e. The fraction of sp³-hybridized carbons (Fsp3) is 0.529. The van der Waals surface area contributed by atoms with Crippen LogP contribution in [0.1, 0.15) is 18.9 Å². The first kappa shape index (κ1) is 19.1. The van der Waals surface area contributed by atoms with Gasteiger partial charge in [-0.2, -0.15) is 8.42 Å². The second-order valence-corrected chi connectivity index (χ2v) is 7.74. The van der Waals surface area contributed by atoms with Gasteiger partial charge in [-0.15, -0.1) is 6.58 Å². The summed E-state index contributed by atoms with van der Waals surface area (Å²) >= 11 is 0. The Labute approximate surface area is 142 Å². The van der Waals surface area contributed by atoms with Gasteiger partial charge in [-0.25, -0.2) is 0 Å². The Hall–Kier alpha value is -1.25. The molecule has 0 bridgehead atoms. The second-order valence-electron chi connectivity index (χ2n) is 6.13. The third kappa shape index (κ3) is 4.23. The van der Waals surface area contributed by atoms with Crippen LogP contribution in [0.2, 0.25) is 0 Å². The summed E-state index contributed by atoms with van der Waals surface area (Å²) in [6.45, 7) is 6.84. The molecule has 134 valence electrons. The highest BCUT2D eigenvalue weighted by atomic mass is 32.2. The third-order valence-corrected chi connectivity index (χ3v) is 5.58. The number of aliphatic hydroxyl groups excluding tert-OH is 2. The molecule has 6 nitrogen and oxygen atoms in total. The van der Waals surface area contributed by atoms with Crippen molar-refractivity contribution in [2.75, 3.05) is 6.61 Å². The maximum Gasteiger partial charge on any atom is 0.297 e. The quantitative estimate of drug-likeness (QED) is 0.591. The molecule has 1 heterocycles. The minimum absolute atomic E-state index is 0.0501. The molecule has 24 heavy (non-hydrogen) atoms. The lowest BCUT2D eigenvalue weighted by Crippen LogP contribution is -2.54. The van der Waals surface area contributed by atoms with E-state index < -0.39 is 40.5 Å². The number of hydrogen-bond donors (Lipinski definition) is 2. The summed E-state index contributed by atoms with van der Waals surface area (Å²) in [6, 6.07) is 6.30. The van der Waals surface area contributed by atoms with Gasteiger partial charge in [0.2, 0.25) is 0 Å². The minimum Gasteiger partial charge on any atom is -0.390 e. The molecule has 0 amide bonds. The molecule has 1 aliphatic rings. The van der Waals surface area contributed by atoms with E-state index in [2.05, 4.69) is 6.58 Å². The molecular formula is C17H24O6S. The van der Waals surface area contributed by atoms with Crippen molar-refractivity contribution in [2.45, 2.75) is 49.6 Å². The molecular weight excluding hydrogens is 332 g/mol. The summed E-state index contributed by atoms with van der Waals surface area (Å²) in [4.78, 5) is 0.0501. The van der Waals surface area contributed by atoms with Crippen LogP contribution in [0.15, 0.2) is 41.8 Å². The van der Waals surface area contributed by atoms with Gasteiger partial charge >= 0.3 is 0 Å². The van der Waals surface area contributed by atoms with E-state index in [0.29, 0.717) is 6.42 Å². The number of aliphatic hydroxyl groups is 2. The average Bonchev–Trinajstić information content (AvgIpc) is 2.55. The summed E-state index contributed by atoms with van der Waals surface area (Å²) in [5.74, 6) is -0.459. The van der Waals surface area contributed by atoms with Crippen LogP contribution in [0, 0.1) is 12.8 Å². The predicted molar refractivity (Wildman–Crippen MR) is 89.0 cm³/mol. The van der Waals surface area contributed by atoms with Crippen LogP contribution in [0.4, 0.5) is 0 Å². The molecule has 5 atom stereocenters. The summed E-state index contributed by atoms with van der Waals surface area (Å²) < 4.78 is 35.1. The topological polar surface area (TPSA) is 93.1 Å². The zero-order valence-electron chi connectivity index (χ0n) is 13.8. The standard InChI is InChI=1S/C17H24O6S/c1-4-5-14-16(18)12(3)17(19)15(23-14)10-22-24(20,21)13-8-6-11(2)7-9-13/h4,6-9,12,14-19H,1,5,10H2,2-3H3/t12-,14+,15+,16-,17+/m1/s1. The first-order valence-electron chi connectivity index (χ1n) is 7.85. The van der Waals surface area contributed by atoms with Crippen LogP contribution >= 0.6 is 0 Å². The number of aryl methyl sites for hydroxylation is 1. The van der Waals surface area contributed by atoms with Crippen molar-refractivity contribution in [3.8, 4) is 0 Å². The van der Waals surface area contributed by atoms with Gasteiger partial charge in [0.05, 0.1) is 29.8 Å². The van der Waals surface area contributed by atoms with Crippen molar-refractivity contribution in [3.05, 3.63) is 42.5 Å². The first-order valence-corrected chi connectivity index (χ1v) is 9.25. The fourth-order valence-corrected chi connectivity index (χ4v) is 3.61. The van der Waals surface area contributed by atoms with Gasteiger partial charge in [-0.1, -0.05) is 30.7 Å². The molecule has 0 spiro atoms. The number of rotatable bonds is 6. The van der Waals surface area contributed by atoms with Crippen molar-refractivity contribution in [1.29, 1.82) is 0 Å². The molecule has 1 fully saturated rings. The Balaban J connectivity index is 2.06. The lowest BCUT2D eigenvalue weighted by molar-refractivity contribution is -0.201. The minimum atomic E-state index is -3.93. The van der Waals surface area contributed by atoms with Crippen LogP contribution in [-0.2, 0) is 19.0 Å². The molecule has 1 saturated heterocycles. The molecule has 0 aromatic heterocycles. The number of ether oxygens (including phenoxy) is 1. The SMILES string of the molecule is C=CC[C@@H]1O[C@@H](COS(=O)(=O)c2ccc(C)cc2)[C@@H](O)[C@H](C)[C@H]1O. The van der Waals surface area contributed by atoms with E-state index in [4.69, 9.17) is 8.92 Å². The highest BCUT2D eigenvalue weighted by molar-refractivity contribution is 7.86. The molecule has 0 radical (unpaired) electrons. The fourth-order valence-electron chi connectivity index (χ4n) is 2.69. The van der Waals surface area contributed by atoms with E-state index in [0.717, 1.165) is 5.56 Å². The summed E-state index contributed by atoms with van der Waals surface area (Å²) in [7, 11) is -3.93. The molecule has 1 aliphatic heterocycles. The number of hydrogen-bond acceptors (Lipinski definition) is 6. The van der Waals surface area contributed by atoms with Gasteiger partial charge in [-0.3, -0.25) is 4.18 Å². The maximum atomic E-state index is 12.2. The van der Waals surface area contributed by atoms with Crippen LogP contribution in [-0.4, -0.2) is 49.7 Å². The summed E-state index contributed by atoms with van der Waals surface area (Å²) in [5, 5.41) is 20.3. The van der Waals surface area contributed by atoms with Gasteiger partial charge in [0.1, 0.15) is 6.10 Å². The van der Waals surface area contributed by atoms with Gasteiger partial charge in [-0.05, 0) is 25.5 Å². The lowest BCUT2D eigenvalue weighted by atomic mass is 9.87. The molecule has 0 unspecified atom stereocenters. The summed E-state index contributed by atoms with van der Waals surface area (Å²) in [5.41, 5.74) is 0.940. The molecule has 0 aliphatic carbocycles. The molecule has 1 aromatic rings. The highest BCUT2D eigenvalue weighted by Crippen LogP contribution is 2.28. The average molecular weight is 356 g/mol. The number of benzene rings is 1. The van der Waals surface area contributed by atoms with E-state index >= 15 is 0 Å². The van der Waals surface area contributed by atoms with Gasteiger partial charge < -0.3 is 14.9 Å². The highest BCUT2D eigenvalue weighted by Gasteiger charge is 2.42. The summed E-state index contributed by atoms with van der Waals surface area (Å²) in [6.07, 6.45) is -1.24. The van der Waals surface area contributed by atoms with Crippen LogP contribution < -0.4 is 0 Å². The van der Waals surface area contributed by atoms with Crippen LogP contribution in [0.3, 0.4) is 0 Å². The Bertz CT molecular complexity index is 654. The monoisotopic (exact) mass is 356 g/mol. The van der Waals surface area contributed by atoms with Crippen LogP contribution in [0.25, 0.3) is 0 Å². The van der Waals surface area contributed by atoms with Gasteiger partial charge in [0.15, 0.2) is 0 Å². The van der Waals surface area contributed by atoms with E-state index in [1.165, 1.54) is 12.1 Å². The van der Waals surface area contributed by atoms with Crippen molar-refractivity contribution in [1.82, 2.24) is 0 Å². The molecule has 7 heteroatoms. The van der Waals surface area contributed by atoms with Crippen molar-refractivity contribution in [3.63, 3.8) is 0 Å². The molecule has 2 N–H and O–H groups in total. The van der Waals surface area contributed by atoms with E-state index in [1.54, 1.807) is 25.1 Å². The third-order valence-electron chi connectivity index (χ3n) is 4.28. The van der Waals surface area contributed by atoms with Gasteiger partial charge in [0, 0.05) is 5.92 Å². The normalized spacial score (nSPS) is 30.9. The Morgan fingerprint density at radius 2 is 1.79 bits per heavy atom. The first-order chi connectivity index (χ1) is 11.3. The zero-order valence-corrected chi connectivity index (χ0v) is 14.6. The van der Waals surface area contributed by atoms with Crippen molar-refractivity contribution in [2.24, 2.45) is 5.92 Å². The Morgan fingerprint density at radius 1 is 1.21 bits per heavy atom. The van der Waals surface area contributed by atoms with Crippen molar-refractivity contribution >= 4 is 10.1 Å². The Kier molecular flexibility index (Phi) is 6.17. The zero-order chi connectivity index (χ0) is 17.9. The molecule has 1 aromatic carbocycles. The van der Waals surface area contributed by atoms with E-state index in [-0.39, 0.29) is 11.5 Å². The maximum absolute atomic E-state index is 12.2. The lowest BCUT2D eigenvalue weighted by Gasteiger charge is -2.41. The second kappa shape index (κ2) is 7.76. The van der Waals surface area contributed by atoms with Crippen molar-refractivity contribution < 1.29 is 27.6 Å². The van der Waals surface area contributed by atoms with E-state index in [1.807, 2.05) is 6.92 Å².